The topological polar surface area (TPSA) is 6.48 Å². The first-order valence-corrected chi connectivity index (χ1v) is 23.8. The van der Waals surface area contributed by atoms with Gasteiger partial charge in [0.15, 0.2) is 0 Å². The number of para-hydroxylation sites is 2. The van der Waals surface area contributed by atoms with Gasteiger partial charge in [0.1, 0.15) is 0 Å². The van der Waals surface area contributed by atoms with Gasteiger partial charge in [-0.3, -0.25) is 0 Å². The highest BCUT2D eigenvalue weighted by Crippen LogP contribution is 2.62. The van der Waals surface area contributed by atoms with Gasteiger partial charge in [-0.15, -0.1) is 0 Å². The highest BCUT2D eigenvalue weighted by atomic mass is 15.2. The van der Waals surface area contributed by atoms with Gasteiger partial charge in [-0.1, -0.05) is 213 Å². The summed E-state index contributed by atoms with van der Waals surface area (Å²) in [6, 6.07) is 82.3. The summed E-state index contributed by atoms with van der Waals surface area (Å²) < 4.78 is 0. The zero-order valence-electron chi connectivity index (χ0n) is 37.9. The average Bonchev–Trinajstić information content (AvgIpc) is 3.90. The van der Waals surface area contributed by atoms with Gasteiger partial charge in [-0.2, -0.15) is 0 Å². The van der Waals surface area contributed by atoms with Crippen LogP contribution in [-0.4, -0.2) is 6.04 Å². The molecule has 0 heterocycles. The molecule has 9 aromatic rings. The molecule has 2 heteroatoms. The zero-order chi connectivity index (χ0) is 45.4. The molecule has 68 heavy (non-hydrogen) atoms. The van der Waals surface area contributed by atoms with E-state index in [1.165, 1.54) is 72.0 Å². The van der Waals surface area contributed by atoms with Crippen LogP contribution >= 0.6 is 0 Å². The second-order valence-corrected chi connectivity index (χ2v) is 17.9. The lowest BCUT2D eigenvalue weighted by Gasteiger charge is -2.38. The molecule has 324 valence electrons. The van der Waals surface area contributed by atoms with Crippen molar-refractivity contribution in [2.24, 2.45) is 0 Å². The largest absolute Gasteiger partial charge is 0.334 e. The summed E-state index contributed by atoms with van der Waals surface area (Å²) >= 11 is 0. The van der Waals surface area contributed by atoms with Crippen molar-refractivity contribution in [2.75, 3.05) is 9.80 Å². The van der Waals surface area contributed by atoms with Crippen molar-refractivity contribution < 1.29 is 0 Å². The number of benzene rings is 9. The lowest BCUT2D eigenvalue weighted by atomic mass is 9.69. The molecule has 2 atom stereocenters. The summed E-state index contributed by atoms with van der Waals surface area (Å²) in [6.07, 6.45) is 15.1. The summed E-state index contributed by atoms with van der Waals surface area (Å²) in [4.78, 5) is 4.97. The number of nitrogens with zero attached hydrogens (tertiary/aromatic N) is 2. The molecule has 2 unspecified atom stereocenters. The minimum absolute atomic E-state index is 0.0312. The lowest BCUT2D eigenvalue weighted by Crippen LogP contribution is -2.34. The van der Waals surface area contributed by atoms with E-state index >= 15 is 0 Å². The van der Waals surface area contributed by atoms with Crippen LogP contribution in [-0.2, 0) is 11.8 Å². The van der Waals surface area contributed by atoms with Crippen LogP contribution in [0.4, 0.5) is 28.4 Å². The first-order valence-electron chi connectivity index (χ1n) is 23.8. The minimum Gasteiger partial charge on any atom is -0.334 e. The van der Waals surface area contributed by atoms with Crippen LogP contribution in [0.3, 0.4) is 0 Å². The van der Waals surface area contributed by atoms with Gasteiger partial charge in [-0.25, -0.2) is 0 Å². The Kier molecular flexibility index (Phi) is 10.5. The Morgan fingerprint density at radius 1 is 0.471 bits per heavy atom. The molecule has 12 rings (SSSR count). The molecule has 0 saturated carbocycles. The van der Waals surface area contributed by atoms with Crippen molar-refractivity contribution in [2.45, 2.75) is 24.3 Å². The van der Waals surface area contributed by atoms with E-state index in [-0.39, 0.29) is 11.5 Å². The Morgan fingerprint density at radius 3 is 1.74 bits per heavy atom. The number of fused-ring (bicyclic) bond motifs is 7. The predicted octanol–water partition coefficient (Wildman–Crippen LogP) is 17.1. The second kappa shape index (κ2) is 17.4. The van der Waals surface area contributed by atoms with E-state index < -0.39 is 0 Å². The summed E-state index contributed by atoms with van der Waals surface area (Å²) in [5.41, 5.74) is 19.8. The van der Waals surface area contributed by atoms with Crippen LogP contribution in [0.5, 0.6) is 0 Å². The zero-order valence-corrected chi connectivity index (χ0v) is 37.9. The van der Waals surface area contributed by atoms with Gasteiger partial charge in [0.05, 0.1) is 17.1 Å². The van der Waals surface area contributed by atoms with Crippen LogP contribution in [0.2, 0.25) is 0 Å². The summed E-state index contributed by atoms with van der Waals surface area (Å²) in [5, 5.41) is 2.41. The van der Waals surface area contributed by atoms with Crippen LogP contribution in [0, 0.1) is 0 Å². The number of rotatable bonds is 10. The highest BCUT2D eigenvalue weighted by Gasteiger charge is 2.53. The Hall–Kier alpha value is -8.46. The van der Waals surface area contributed by atoms with Gasteiger partial charge >= 0.3 is 0 Å². The lowest BCUT2D eigenvalue weighted by molar-refractivity contribution is 0.744. The molecular weight excluding hydrogens is 821 g/mol. The van der Waals surface area contributed by atoms with Crippen LogP contribution in [0.15, 0.2) is 279 Å². The van der Waals surface area contributed by atoms with Crippen molar-refractivity contribution in [3.63, 3.8) is 0 Å². The number of hydrogen-bond acceptors (Lipinski definition) is 2. The SMILES string of the molecule is C=C/C=C\C=C1/Cc2ccccc2C12C1=C(c3ccccc32)C(N(c2ccc(-c3ccccc3)cc2)c2ccc(-c3ccc(N(c4ccccc4)c4ccccc4)c4ccccc34)cc2)CC=C1. The standard InChI is InChI=1S/C66H50N2/c1-2-3-7-24-51-46-50-23-14-18-32-60(50)66(51)61-33-19-17-31-59(61)65-62(66)34-20-35-64(65)68(54-40-36-48(37-41-54)47-21-8-4-9-22-47)55-42-38-49(39-43-55)56-44-45-63(58-30-16-15-29-57(56)58)67(52-25-10-5-11-26-52)53-27-12-6-13-28-53/h2-34,36-45,64H,1,35,46H2/b7-3-,51-24+. The molecule has 1 spiro atoms. The Balaban J connectivity index is 1.00. The third kappa shape index (κ3) is 6.79. The number of allylic oxidation sites excluding steroid dienone is 7. The second-order valence-electron chi connectivity index (χ2n) is 17.9. The third-order valence-corrected chi connectivity index (χ3v) is 14.3. The molecule has 0 bridgehead atoms. The third-order valence-electron chi connectivity index (χ3n) is 14.3. The van der Waals surface area contributed by atoms with Crippen molar-refractivity contribution >= 4 is 44.8 Å². The Labute approximate surface area is 400 Å². The molecule has 9 aromatic carbocycles. The first kappa shape index (κ1) is 41.0. The van der Waals surface area contributed by atoms with Crippen LogP contribution in [0.1, 0.15) is 28.7 Å². The molecular formula is C66H50N2. The van der Waals surface area contributed by atoms with E-state index in [1.807, 2.05) is 12.2 Å². The minimum atomic E-state index is -0.389. The van der Waals surface area contributed by atoms with Gasteiger partial charge < -0.3 is 9.80 Å². The maximum atomic E-state index is 3.99. The van der Waals surface area contributed by atoms with Crippen LogP contribution in [0.25, 0.3) is 38.6 Å². The Bertz CT molecular complexity index is 3410. The average molecular weight is 871 g/mol. The van der Waals surface area contributed by atoms with Crippen molar-refractivity contribution in [1.29, 1.82) is 0 Å². The maximum absolute atomic E-state index is 3.99. The highest BCUT2D eigenvalue weighted by molar-refractivity contribution is 6.06. The number of hydrogen-bond donors (Lipinski definition) is 0. The summed E-state index contributed by atoms with van der Waals surface area (Å²) in [5.74, 6) is 0. The van der Waals surface area contributed by atoms with Crippen molar-refractivity contribution in [1.82, 2.24) is 0 Å². The van der Waals surface area contributed by atoms with E-state index in [1.54, 1.807) is 0 Å². The Morgan fingerprint density at radius 2 is 1.04 bits per heavy atom. The van der Waals surface area contributed by atoms with E-state index in [4.69, 9.17) is 0 Å². The molecule has 3 aliphatic carbocycles. The van der Waals surface area contributed by atoms with E-state index in [9.17, 15) is 0 Å². The first-order chi connectivity index (χ1) is 33.7. The summed E-state index contributed by atoms with van der Waals surface area (Å²) in [7, 11) is 0. The molecule has 0 amide bonds. The molecule has 3 aliphatic rings. The van der Waals surface area contributed by atoms with E-state index in [2.05, 4.69) is 265 Å². The quantitative estimate of drug-likeness (QED) is 0.126. The van der Waals surface area contributed by atoms with Gasteiger partial charge in [0, 0.05) is 28.1 Å². The molecule has 2 nitrogen and oxygen atoms in total. The molecule has 0 aromatic heterocycles. The fourth-order valence-electron chi connectivity index (χ4n) is 11.5. The predicted molar refractivity (Wildman–Crippen MR) is 287 cm³/mol. The van der Waals surface area contributed by atoms with Crippen LogP contribution < -0.4 is 9.80 Å². The van der Waals surface area contributed by atoms with Gasteiger partial charge in [0.2, 0.25) is 0 Å². The normalized spacial score (nSPS) is 17.4. The van der Waals surface area contributed by atoms with Crippen molar-refractivity contribution in [3.8, 4) is 22.3 Å². The fraction of sp³-hybridized carbons (Fsp3) is 0.0606. The van der Waals surface area contributed by atoms with Crippen molar-refractivity contribution in [3.05, 3.63) is 301 Å². The van der Waals surface area contributed by atoms with E-state index in [0.29, 0.717) is 0 Å². The molecule has 0 fully saturated rings. The van der Waals surface area contributed by atoms with Gasteiger partial charge in [0.25, 0.3) is 0 Å². The monoisotopic (exact) mass is 870 g/mol. The molecule has 0 saturated heterocycles. The van der Waals surface area contributed by atoms with Gasteiger partial charge in [-0.05, 0) is 134 Å². The molecule has 0 N–H and O–H groups in total. The molecule has 0 radical (unpaired) electrons. The summed E-state index contributed by atoms with van der Waals surface area (Å²) in [6.45, 7) is 3.99. The maximum Gasteiger partial charge on any atom is 0.0679 e. The number of anilines is 5. The van der Waals surface area contributed by atoms with E-state index in [0.717, 1.165) is 41.3 Å². The smallest absolute Gasteiger partial charge is 0.0679 e. The fourth-order valence-corrected chi connectivity index (χ4v) is 11.5. The molecule has 0 aliphatic heterocycles.